The summed E-state index contributed by atoms with van der Waals surface area (Å²) in [5.41, 5.74) is 5.18. The second kappa shape index (κ2) is 4.51. The van der Waals surface area contributed by atoms with Crippen molar-refractivity contribution in [2.75, 3.05) is 0 Å². The molecule has 0 fully saturated rings. The Balaban J connectivity index is 2.32. The van der Waals surface area contributed by atoms with Crippen molar-refractivity contribution in [3.05, 3.63) is 36.7 Å². The second-order valence-electron chi connectivity index (χ2n) is 4.80. The standard InChI is InChI=1S/C12H14N4Si/c1-17(2,3)5-4-11-6-12(8-13-7-11)16-9-14-15-10-16/h6-10H,1-3H3. The molecule has 0 aliphatic rings. The lowest BCUT2D eigenvalue weighted by atomic mass is 10.3. The van der Waals surface area contributed by atoms with E-state index >= 15 is 0 Å². The van der Waals surface area contributed by atoms with E-state index in [2.05, 4.69) is 46.3 Å². The Kier molecular flexibility index (Phi) is 3.07. The fraction of sp³-hybridized carbons (Fsp3) is 0.250. The van der Waals surface area contributed by atoms with E-state index in [1.54, 1.807) is 25.0 Å². The molecule has 4 nitrogen and oxygen atoms in total. The van der Waals surface area contributed by atoms with Gasteiger partial charge in [0.15, 0.2) is 0 Å². The number of hydrogen-bond donors (Lipinski definition) is 0. The van der Waals surface area contributed by atoms with Crippen LogP contribution in [-0.2, 0) is 0 Å². The van der Waals surface area contributed by atoms with Gasteiger partial charge in [0, 0.05) is 11.8 Å². The first-order valence-electron chi connectivity index (χ1n) is 5.38. The highest BCUT2D eigenvalue weighted by molar-refractivity contribution is 6.83. The van der Waals surface area contributed by atoms with E-state index in [1.165, 1.54) is 0 Å². The van der Waals surface area contributed by atoms with Gasteiger partial charge in [-0.2, -0.15) is 0 Å². The first-order chi connectivity index (χ1) is 8.04. The van der Waals surface area contributed by atoms with Gasteiger partial charge in [-0.25, -0.2) is 0 Å². The monoisotopic (exact) mass is 242 g/mol. The highest BCUT2D eigenvalue weighted by Gasteiger charge is 2.07. The Morgan fingerprint density at radius 2 is 1.82 bits per heavy atom. The third kappa shape index (κ3) is 3.26. The van der Waals surface area contributed by atoms with Crippen LogP contribution in [0.25, 0.3) is 5.69 Å². The highest BCUT2D eigenvalue weighted by atomic mass is 28.3. The minimum absolute atomic E-state index is 0.928. The Labute approximate surface area is 102 Å². The zero-order chi connectivity index (χ0) is 12.3. The van der Waals surface area contributed by atoms with Crippen molar-refractivity contribution in [1.29, 1.82) is 0 Å². The summed E-state index contributed by atoms with van der Waals surface area (Å²) in [5.74, 6) is 3.18. The first-order valence-corrected chi connectivity index (χ1v) is 8.88. The molecule has 0 unspecified atom stereocenters. The molecule has 0 N–H and O–H groups in total. The van der Waals surface area contributed by atoms with Gasteiger partial charge in [0.1, 0.15) is 20.7 Å². The maximum absolute atomic E-state index is 4.18. The van der Waals surface area contributed by atoms with Gasteiger partial charge in [0.2, 0.25) is 0 Å². The van der Waals surface area contributed by atoms with Crippen LogP contribution in [-0.4, -0.2) is 27.8 Å². The van der Waals surface area contributed by atoms with Crippen molar-refractivity contribution in [3.63, 3.8) is 0 Å². The number of aromatic nitrogens is 4. The van der Waals surface area contributed by atoms with E-state index in [9.17, 15) is 0 Å². The summed E-state index contributed by atoms with van der Waals surface area (Å²) in [5, 5.41) is 7.54. The Morgan fingerprint density at radius 1 is 1.12 bits per heavy atom. The minimum atomic E-state index is -1.34. The summed E-state index contributed by atoms with van der Waals surface area (Å²) in [4.78, 5) is 4.18. The molecule has 0 saturated carbocycles. The lowest BCUT2D eigenvalue weighted by Crippen LogP contribution is -2.16. The second-order valence-corrected chi connectivity index (χ2v) is 9.55. The van der Waals surface area contributed by atoms with Crippen molar-refractivity contribution < 1.29 is 0 Å². The quantitative estimate of drug-likeness (QED) is 0.566. The zero-order valence-corrected chi connectivity index (χ0v) is 11.2. The maximum Gasteiger partial charge on any atom is 0.129 e. The average Bonchev–Trinajstić information content (AvgIpc) is 2.79. The summed E-state index contributed by atoms with van der Waals surface area (Å²) in [6, 6.07) is 1.99. The molecule has 2 aromatic rings. The molecule has 86 valence electrons. The normalized spacial score (nSPS) is 10.8. The minimum Gasteiger partial charge on any atom is -0.287 e. The predicted octanol–water partition coefficient (Wildman–Crippen LogP) is 1.89. The summed E-state index contributed by atoms with van der Waals surface area (Å²) >= 11 is 0. The third-order valence-electron chi connectivity index (χ3n) is 2.02. The smallest absolute Gasteiger partial charge is 0.129 e. The molecule has 17 heavy (non-hydrogen) atoms. The summed E-state index contributed by atoms with van der Waals surface area (Å²) in [6.07, 6.45) is 6.84. The van der Waals surface area contributed by atoms with E-state index in [0.29, 0.717) is 0 Å². The molecule has 0 aliphatic heterocycles. The van der Waals surface area contributed by atoms with Gasteiger partial charge in [-0.1, -0.05) is 25.6 Å². The largest absolute Gasteiger partial charge is 0.287 e. The first kappa shape index (κ1) is 11.5. The molecule has 0 bridgehead atoms. The molecule has 2 rings (SSSR count). The van der Waals surface area contributed by atoms with Gasteiger partial charge in [0.05, 0.1) is 11.9 Å². The van der Waals surface area contributed by atoms with Crippen molar-refractivity contribution in [1.82, 2.24) is 19.7 Å². The van der Waals surface area contributed by atoms with Gasteiger partial charge >= 0.3 is 0 Å². The Bertz CT molecular complexity index is 558. The Hall–Kier alpha value is -1.93. The summed E-state index contributed by atoms with van der Waals surface area (Å²) in [6.45, 7) is 6.66. The van der Waals surface area contributed by atoms with Crippen LogP contribution in [0.3, 0.4) is 0 Å². The van der Waals surface area contributed by atoms with E-state index in [0.717, 1.165) is 11.3 Å². The van der Waals surface area contributed by atoms with Crippen LogP contribution in [0.1, 0.15) is 5.56 Å². The van der Waals surface area contributed by atoms with Crippen LogP contribution in [0.15, 0.2) is 31.1 Å². The van der Waals surface area contributed by atoms with E-state index < -0.39 is 8.07 Å². The van der Waals surface area contributed by atoms with E-state index in [4.69, 9.17) is 0 Å². The van der Waals surface area contributed by atoms with Crippen LogP contribution >= 0.6 is 0 Å². The third-order valence-corrected chi connectivity index (χ3v) is 2.90. The molecule has 2 aromatic heterocycles. The highest BCUT2D eigenvalue weighted by Crippen LogP contribution is 2.07. The van der Waals surface area contributed by atoms with Gasteiger partial charge in [-0.05, 0) is 6.07 Å². The van der Waals surface area contributed by atoms with Gasteiger partial charge < -0.3 is 0 Å². The number of nitrogens with zero attached hydrogens (tertiary/aromatic N) is 4. The van der Waals surface area contributed by atoms with Crippen LogP contribution in [0.2, 0.25) is 19.6 Å². The topological polar surface area (TPSA) is 43.6 Å². The van der Waals surface area contributed by atoms with Gasteiger partial charge in [0.25, 0.3) is 0 Å². The number of pyridine rings is 1. The predicted molar refractivity (Wildman–Crippen MR) is 69.4 cm³/mol. The van der Waals surface area contributed by atoms with Gasteiger partial charge in [-0.3, -0.25) is 9.55 Å². The molecule has 0 radical (unpaired) electrons. The van der Waals surface area contributed by atoms with E-state index in [1.807, 2.05) is 10.6 Å². The Morgan fingerprint density at radius 3 is 2.47 bits per heavy atom. The van der Waals surface area contributed by atoms with Crippen LogP contribution in [0, 0.1) is 11.5 Å². The molecular formula is C12H14N4Si. The molecule has 0 aliphatic carbocycles. The van der Waals surface area contributed by atoms with Crippen molar-refractivity contribution >= 4 is 8.07 Å². The van der Waals surface area contributed by atoms with Crippen molar-refractivity contribution in [2.24, 2.45) is 0 Å². The molecule has 0 aromatic carbocycles. The number of hydrogen-bond acceptors (Lipinski definition) is 3. The van der Waals surface area contributed by atoms with Crippen molar-refractivity contribution in [3.8, 4) is 17.2 Å². The molecule has 2 heterocycles. The summed E-state index contributed by atoms with van der Waals surface area (Å²) < 4.78 is 1.81. The van der Waals surface area contributed by atoms with Gasteiger partial charge in [-0.15, -0.1) is 15.7 Å². The fourth-order valence-corrected chi connectivity index (χ4v) is 1.75. The molecule has 5 heteroatoms. The lowest BCUT2D eigenvalue weighted by Gasteiger charge is -2.04. The van der Waals surface area contributed by atoms with E-state index in [-0.39, 0.29) is 0 Å². The SMILES string of the molecule is C[Si](C)(C)C#Cc1cncc(-n2cnnc2)c1. The summed E-state index contributed by atoms with van der Waals surface area (Å²) in [7, 11) is -1.34. The number of rotatable bonds is 1. The molecule has 0 saturated heterocycles. The fourth-order valence-electron chi connectivity index (χ4n) is 1.23. The molecule has 0 atom stereocenters. The maximum atomic E-state index is 4.18. The van der Waals surface area contributed by atoms with Crippen LogP contribution in [0.4, 0.5) is 0 Å². The average molecular weight is 242 g/mol. The lowest BCUT2D eigenvalue weighted by molar-refractivity contribution is 1.04. The molecule has 0 amide bonds. The molecular weight excluding hydrogens is 228 g/mol. The van der Waals surface area contributed by atoms with Crippen molar-refractivity contribution in [2.45, 2.75) is 19.6 Å². The van der Waals surface area contributed by atoms with Crippen LogP contribution in [0.5, 0.6) is 0 Å². The molecule has 0 spiro atoms. The van der Waals surface area contributed by atoms with Crippen LogP contribution < -0.4 is 0 Å². The zero-order valence-electron chi connectivity index (χ0n) is 10.2.